The first kappa shape index (κ1) is 15.0. The van der Waals surface area contributed by atoms with Gasteiger partial charge >= 0.3 is 0 Å². The molecule has 0 saturated heterocycles. The van der Waals surface area contributed by atoms with Crippen molar-refractivity contribution in [3.8, 4) is 22.9 Å². The summed E-state index contributed by atoms with van der Waals surface area (Å²) in [5.41, 5.74) is 2.16. The molecule has 3 rings (SSSR count). The van der Waals surface area contributed by atoms with Crippen LogP contribution in [0.4, 0.5) is 0 Å². The van der Waals surface area contributed by atoms with E-state index in [0.717, 1.165) is 11.4 Å². The summed E-state index contributed by atoms with van der Waals surface area (Å²) in [5, 5.41) is 0. The first-order valence-corrected chi connectivity index (χ1v) is 7.26. The lowest BCUT2D eigenvalue weighted by Gasteiger charge is -2.18. The minimum atomic E-state index is -0.127. The standard InChI is InChI=1S/C18H18N2O3/c1-13-12-18(21)20(15-9-5-7-11-17(15)23-3)19(13)14-8-4-6-10-16(14)22-2/h4-12H,1-3H3. The Morgan fingerprint density at radius 2 is 1.26 bits per heavy atom. The summed E-state index contributed by atoms with van der Waals surface area (Å²) >= 11 is 0. The average Bonchev–Trinajstić information content (AvgIpc) is 2.88. The molecule has 0 aliphatic carbocycles. The van der Waals surface area contributed by atoms with Crippen molar-refractivity contribution in [2.75, 3.05) is 14.2 Å². The fraction of sp³-hybridized carbons (Fsp3) is 0.167. The molecule has 2 aromatic carbocycles. The first-order valence-electron chi connectivity index (χ1n) is 7.26. The summed E-state index contributed by atoms with van der Waals surface area (Å²) in [7, 11) is 3.20. The van der Waals surface area contributed by atoms with Crippen molar-refractivity contribution in [1.29, 1.82) is 0 Å². The molecule has 5 nitrogen and oxygen atoms in total. The van der Waals surface area contributed by atoms with Gasteiger partial charge in [-0.3, -0.25) is 4.79 Å². The van der Waals surface area contributed by atoms with Gasteiger partial charge < -0.3 is 9.47 Å². The predicted octanol–water partition coefficient (Wildman–Crippen LogP) is 2.95. The smallest absolute Gasteiger partial charge is 0.272 e. The van der Waals surface area contributed by atoms with E-state index >= 15 is 0 Å². The Morgan fingerprint density at radius 3 is 1.78 bits per heavy atom. The van der Waals surface area contributed by atoms with Crippen molar-refractivity contribution in [2.45, 2.75) is 6.92 Å². The van der Waals surface area contributed by atoms with Gasteiger partial charge in [0.05, 0.1) is 14.2 Å². The molecule has 0 saturated carbocycles. The number of aryl methyl sites for hydroxylation is 1. The maximum absolute atomic E-state index is 12.5. The van der Waals surface area contributed by atoms with Gasteiger partial charge in [0.25, 0.3) is 5.56 Å². The Morgan fingerprint density at radius 1 is 0.783 bits per heavy atom. The minimum absolute atomic E-state index is 0.127. The lowest BCUT2D eigenvalue weighted by Crippen LogP contribution is -2.21. The Bertz CT molecular complexity index is 893. The molecule has 5 heteroatoms. The molecule has 0 radical (unpaired) electrons. The van der Waals surface area contributed by atoms with Crippen molar-refractivity contribution in [3.63, 3.8) is 0 Å². The molecule has 0 aliphatic heterocycles. The number of methoxy groups -OCH3 is 2. The molecule has 0 amide bonds. The zero-order chi connectivity index (χ0) is 16.4. The molecular weight excluding hydrogens is 292 g/mol. The van der Waals surface area contributed by atoms with Gasteiger partial charge in [-0.2, -0.15) is 0 Å². The summed E-state index contributed by atoms with van der Waals surface area (Å²) in [6, 6.07) is 16.6. The highest BCUT2D eigenvalue weighted by molar-refractivity contribution is 5.51. The maximum Gasteiger partial charge on any atom is 0.272 e. The van der Waals surface area contributed by atoms with Gasteiger partial charge in [-0.05, 0) is 31.2 Å². The quantitative estimate of drug-likeness (QED) is 0.744. The van der Waals surface area contributed by atoms with E-state index in [2.05, 4.69) is 0 Å². The fourth-order valence-electron chi connectivity index (χ4n) is 2.69. The summed E-state index contributed by atoms with van der Waals surface area (Å²) in [5.74, 6) is 1.32. The molecular formula is C18H18N2O3. The molecule has 0 atom stereocenters. The third-order valence-corrected chi connectivity index (χ3v) is 3.70. The van der Waals surface area contributed by atoms with Crippen LogP contribution in [0.5, 0.6) is 11.5 Å². The molecule has 23 heavy (non-hydrogen) atoms. The van der Waals surface area contributed by atoms with Crippen LogP contribution in [0, 0.1) is 6.92 Å². The van der Waals surface area contributed by atoms with Gasteiger partial charge in [0, 0.05) is 11.8 Å². The summed E-state index contributed by atoms with van der Waals surface area (Å²) < 4.78 is 14.3. The molecule has 118 valence electrons. The number of benzene rings is 2. The van der Waals surface area contributed by atoms with Gasteiger partial charge in [-0.25, -0.2) is 9.36 Å². The highest BCUT2D eigenvalue weighted by Crippen LogP contribution is 2.27. The largest absolute Gasteiger partial charge is 0.494 e. The SMILES string of the molecule is COc1ccccc1-n1c(C)cc(=O)n1-c1ccccc1OC. The van der Waals surface area contributed by atoms with Crippen LogP contribution in [0.25, 0.3) is 11.4 Å². The van der Waals surface area contributed by atoms with E-state index in [0.29, 0.717) is 17.2 Å². The van der Waals surface area contributed by atoms with E-state index < -0.39 is 0 Å². The fourth-order valence-corrected chi connectivity index (χ4v) is 2.69. The molecule has 0 N–H and O–H groups in total. The molecule has 1 heterocycles. The Hall–Kier alpha value is -2.95. The Labute approximate surface area is 134 Å². The predicted molar refractivity (Wildman–Crippen MR) is 89.2 cm³/mol. The van der Waals surface area contributed by atoms with Gasteiger partial charge in [0.2, 0.25) is 0 Å². The van der Waals surface area contributed by atoms with Crippen molar-refractivity contribution < 1.29 is 9.47 Å². The molecule has 0 fully saturated rings. The number of aromatic nitrogens is 2. The molecule has 1 aromatic heterocycles. The zero-order valence-electron chi connectivity index (χ0n) is 13.3. The zero-order valence-corrected chi connectivity index (χ0v) is 13.3. The van der Waals surface area contributed by atoms with Crippen LogP contribution in [-0.2, 0) is 0 Å². The number of hydrogen-bond donors (Lipinski definition) is 0. The monoisotopic (exact) mass is 310 g/mol. The normalized spacial score (nSPS) is 10.6. The van der Waals surface area contributed by atoms with Crippen molar-refractivity contribution in [3.05, 3.63) is 70.6 Å². The third-order valence-electron chi connectivity index (χ3n) is 3.70. The van der Waals surface area contributed by atoms with Crippen LogP contribution < -0.4 is 15.0 Å². The average molecular weight is 310 g/mol. The van der Waals surface area contributed by atoms with Crippen LogP contribution in [0.1, 0.15) is 5.69 Å². The number of para-hydroxylation sites is 4. The van der Waals surface area contributed by atoms with Crippen LogP contribution in [0.15, 0.2) is 59.4 Å². The lowest BCUT2D eigenvalue weighted by molar-refractivity contribution is 0.405. The van der Waals surface area contributed by atoms with Crippen LogP contribution in [-0.4, -0.2) is 23.6 Å². The number of rotatable bonds is 4. The Kier molecular flexibility index (Phi) is 3.93. The maximum atomic E-state index is 12.5. The van der Waals surface area contributed by atoms with Gasteiger partial charge in [0.1, 0.15) is 22.9 Å². The number of nitrogens with zero attached hydrogens (tertiary/aromatic N) is 2. The van der Waals surface area contributed by atoms with Crippen molar-refractivity contribution in [1.82, 2.24) is 9.36 Å². The molecule has 0 spiro atoms. The summed E-state index contributed by atoms with van der Waals surface area (Å²) in [4.78, 5) is 12.5. The van der Waals surface area contributed by atoms with E-state index in [-0.39, 0.29) is 5.56 Å². The highest BCUT2D eigenvalue weighted by Gasteiger charge is 2.17. The molecule has 0 aliphatic rings. The second-order valence-electron chi connectivity index (χ2n) is 5.09. The van der Waals surface area contributed by atoms with Crippen LogP contribution in [0.2, 0.25) is 0 Å². The number of hydrogen-bond acceptors (Lipinski definition) is 3. The van der Waals surface area contributed by atoms with E-state index in [9.17, 15) is 4.79 Å². The number of ether oxygens (including phenoxy) is 2. The molecule has 3 aromatic rings. The Balaban J connectivity index is 2.34. The summed E-state index contributed by atoms with van der Waals surface area (Å²) in [6.45, 7) is 1.89. The van der Waals surface area contributed by atoms with Crippen molar-refractivity contribution >= 4 is 0 Å². The molecule has 0 unspecified atom stereocenters. The topological polar surface area (TPSA) is 45.4 Å². The second-order valence-corrected chi connectivity index (χ2v) is 5.09. The summed E-state index contributed by atoms with van der Waals surface area (Å²) in [6.07, 6.45) is 0. The third kappa shape index (κ3) is 2.50. The first-order chi connectivity index (χ1) is 11.2. The highest BCUT2D eigenvalue weighted by atomic mass is 16.5. The van der Waals surface area contributed by atoms with E-state index in [4.69, 9.17) is 9.47 Å². The second kappa shape index (κ2) is 6.04. The van der Waals surface area contributed by atoms with Gasteiger partial charge in [0.15, 0.2) is 0 Å². The van der Waals surface area contributed by atoms with Crippen molar-refractivity contribution in [2.24, 2.45) is 0 Å². The van der Waals surface area contributed by atoms with Gasteiger partial charge in [-0.15, -0.1) is 0 Å². The van der Waals surface area contributed by atoms with Crippen LogP contribution in [0.3, 0.4) is 0 Å². The van der Waals surface area contributed by atoms with E-state index in [1.165, 1.54) is 0 Å². The van der Waals surface area contributed by atoms with Crippen LogP contribution >= 0.6 is 0 Å². The van der Waals surface area contributed by atoms with E-state index in [1.54, 1.807) is 25.0 Å². The lowest BCUT2D eigenvalue weighted by atomic mass is 10.3. The minimum Gasteiger partial charge on any atom is -0.494 e. The van der Waals surface area contributed by atoms with Gasteiger partial charge in [-0.1, -0.05) is 24.3 Å². The molecule has 0 bridgehead atoms. The van der Waals surface area contributed by atoms with E-state index in [1.807, 2.05) is 60.1 Å².